The number of fused-ring (bicyclic) bond motifs is 3. The molecule has 1 N–H and O–H groups in total. The number of aromatic nitrogens is 1. The number of hydrogen-bond donors (Lipinski definition) is 1. The van der Waals surface area contributed by atoms with Crippen molar-refractivity contribution in [2.24, 2.45) is 23.7 Å². The van der Waals surface area contributed by atoms with Crippen molar-refractivity contribution in [1.29, 1.82) is 0 Å². The molecule has 1 heterocycles. The number of nitrogens with zero attached hydrogens (tertiary/aromatic N) is 1. The molecule has 1 fully saturated rings. The fourth-order valence-electron chi connectivity index (χ4n) is 4.78. The van der Waals surface area contributed by atoms with E-state index in [4.69, 9.17) is 0 Å². The molecule has 2 aliphatic carbocycles. The Morgan fingerprint density at radius 1 is 1.23 bits per heavy atom. The van der Waals surface area contributed by atoms with Crippen molar-refractivity contribution >= 4 is 16.8 Å². The van der Waals surface area contributed by atoms with E-state index in [9.17, 15) is 4.79 Å². The van der Waals surface area contributed by atoms with E-state index in [2.05, 4.69) is 66.3 Å². The first-order valence-corrected chi connectivity index (χ1v) is 10.1. The van der Waals surface area contributed by atoms with Crippen molar-refractivity contribution in [2.45, 2.75) is 39.5 Å². The third-order valence-corrected chi connectivity index (χ3v) is 6.13. The van der Waals surface area contributed by atoms with Crippen molar-refractivity contribution in [1.82, 2.24) is 9.88 Å². The maximum Gasteiger partial charge on any atom is 0.222 e. The van der Waals surface area contributed by atoms with Crippen molar-refractivity contribution in [3.63, 3.8) is 0 Å². The van der Waals surface area contributed by atoms with Crippen LogP contribution in [-0.4, -0.2) is 28.9 Å². The number of para-hydroxylation sites is 1. The van der Waals surface area contributed by atoms with Gasteiger partial charge in [0.15, 0.2) is 0 Å². The molecule has 0 spiro atoms. The van der Waals surface area contributed by atoms with Gasteiger partial charge >= 0.3 is 0 Å². The molecule has 0 aliphatic heterocycles. The molecule has 2 bridgehead atoms. The van der Waals surface area contributed by atoms with Crippen LogP contribution in [0.25, 0.3) is 10.9 Å². The zero-order valence-corrected chi connectivity index (χ0v) is 15.9. The predicted molar refractivity (Wildman–Crippen MR) is 107 cm³/mol. The Balaban J connectivity index is 1.45. The summed E-state index contributed by atoms with van der Waals surface area (Å²) < 4.78 is 0. The Bertz CT molecular complexity index is 803. The Morgan fingerprint density at radius 3 is 2.81 bits per heavy atom. The molecule has 1 aromatic carbocycles. The van der Waals surface area contributed by atoms with Crippen LogP contribution in [0.2, 0.25) is 0 Å². The first-order chi connectivity index (χ1) is 12.6. The van der Waals surface area contributed by atoms with E-state index < -0.39 is 0 Å². The molecule has 138 valence electrons. The highest BCUT2D eigenvalue weighted by Crippen LogP contribution is 2.43. The van der Waals surface area contributed by atoms with Crippen molar-refractivity contribution in [3.8, 4) is 0 Å². The lowest BCUT2D eigenvalue weighted by Gasteiger charge is -2.29. The molecular weight excluding hydrogens is 320 g/mol. The second kappa shape index (κ2) is 7.30. The Labute approximate surface area is 156 Å². The van der Waals surface area contributed by atoms with E-state index in [-0.39, 0.29) is 0 Å². The standard InChI is InChI=1S/C23H30N2O/c1-16(2)11-23(26)25(15-20-13-17-7-8-18(20)12-17)10-9-19-14-24-22-6-4-3-5-21(19)22/h3-8,14,16-18,20,24H,9-13,15H2,1-2H3. The molecule has 4 rings (SSSR count). The first-order valence-electron chi connectivity index (χ1n) is 10.1. The normalized spacial score (nSPS) is 24.0. The van der Waals surface area contributed by atoms with Gasteiger partial charge in [0, 0.05) is 36.6 Å². The fourth-order valence-corrected chi connectivity index (χ4v) is 4.78. The highest BCUT2D eigenvalue weighted by atomic mass is 16.2. The van der Waals surface area contributed by atoms with Gasteiger partial charge in [0.1, 0.15) is 0 Å². The van der Waals surface area contributed by atoms with Gasteiger partial charge in [-0.25, -0.2) is 0 Å². The van der Waals surface area contributed by atoms with E-state index in [1.807, 2.05) is 0 Å². The summed E-state index contributed by atoms with van der Waals surface area (Å²) in [4.78, 5) is 18.4. The average molecular weight is 351 g/mol. The third kappa shape index (κ3) is 3.58. The van der Waals surface area contributed by atoms with Crippen LogP contribution in [0.4, 0.5) is 0 Å². The number of H-pyrrole nitrogens is 1. The molecule has 3 heteroatoms. The lowest BCUT2D eigenvalue weighted by molar-refractivity contribution is -0.132. The number of rotatable bonds is 7. The molecule has 26 heavy (non-hydrogen) atoms. The topological polar surface area (TPSA) is 36.1 Å². The summed E-state index contributed by atoms with van der Waals surface area (Å²) in [7, 11) is 0. The number of amides is 1. The highest BCUT2D eigenvalue weighted by molar-refractivity contribution is 5.83. The minimum absolute atomic E-state index is 0.326. The van der Waals surface area contributed by atoms with Crippen LogP contribution in [0.15, 0.2) is 42.6 Å². The van der Waals surface area contributed by atoms with Gasteiger partial charge in [0.2, 0.25) is 5.91 Å². The number of nitrogens with one attached hydrogen (secondary N) is 1. The Hall–Kier alpha value is -2.03. The summed E-state index contributed by atoms with van der Waals surface area (Å²) in [5, 5.41) is 1.28. The van der Waals surface area contributed by atoms with E-state index in [0.29, 0.717) is 30.1 Å². The van der Waals surface area contributed by atoms with Crippen LogP contribution in [-0.2, 0) is 11.2 Å². The Kier molecular flexibility index (Phi) is 4.88. The van der Waals surface area contributed by atoms with Gasteiger partial charge < -0.3 is 9.88 Å². The molecular formula is C23H30N2O. The van der Waals surface area contributed by atoms with Gasteiger partial charge in [-0.1, -0.05) is 44.2 Å². The number of benzene rings is 1. The number of aromatic amines is 1. The quantitative estimate of drug-likeness (QED) is 0.716. The van der Waals surface area contributed by atoms with Gasteiger partial charge in [-0.15, -0.1) is 0 Å². The van der Waals surface area contributed by atoms with Crippen LogP contribution in [0.5, 0.6) is 0 Å². The molecule has 2 aliphatic rings. The molecule has 1 saturated carbocycles. The number of carbonyl (C=O) groups is 1. The van der Waals surface area contributed by atoms with Crippen LogP contribution >= 0.6 is 0 Å². The van der Waals surface area contributed by atoms with Crippen molar-refractivity contribution < 1.29 is 4.79 Å². The largest absolute Gasteiger partial charge is 0.361 e. The molecule has 1 amide bonds. The molecule has 2 aromatic rings. The lowest BCUT2D eigenvalue weighted by Crippen LogP contribution is -2.38. The van der Waals surface area contributed by atoms with Gasteiger partial charge in [-0.3, -0.25) is 4.79 Å². The summed E-state index contributed by atoms with van der Waals surface area (Å²) in [6, 6.07) is 8.43. The van der Waals surface area contributed by atoms with E-state index >= 15 is 0 Å². The third-order valence-electron chi connectivity index (χ3n) is 6.13. The highest BCUT2D eigenvalue weighted by Gasteiger charge is 2.37. The zero-order valence-electron chi connectivity index (χ0n) is 15.9. The number of hydrogen-bond acceptors (Lipinski definition) is 1. The molecule has 3 nitrogen and oxygen atoms in total. The zero-order chi connectivity index (χ0) is 18.1. The predicted octanol–water partition coefficient (Wildman–Crippen LogP) is 4.80. The maximum atomic E-state index is 12.9. The SMILES string of the molecule is CC(C)CC(=O)N(CCc1c[nH]c2ccccc12)CC1CC2C=CC1C2. The van der Waals surface area contributed by atoms with Crippen LogP contribution in [0.3, 0.4) is 0 Å². The van der Waals surface area contributed by atoms with Crippen LogP contribution in [0, 0.1) is 23.7 Å². The van der Waals surface area contributed by atoms with Crippen LogP contribution in [0.1, 0.15) is 38.7 Å². The molecule has 0 radical (unpaired) electrons. The van der Waals surface area contributed by atoms with Crippen molar-refractivity contribution in [3.05, 3.63) is 48.2 Å². The van der Waals surface area contributed by atoms with Gasteiger partial charge in [-0.2, -0.15) is 0 Å². The van der Waals surface area contributed by atoms with E-state index in [1.165, 1.54) is 29.3 Å². The summed E-state index contributed by atoms with van der Waals surface area (Å²) in [5.41, 5.74) is 2.50. The molecule has 3 unspecified atom stereocenters. The molecule has 1 aromatic heterocycles. The van der Waals surface area contributed by atoms with E-state index in [0.717, 1.165) is 25.4 Å². The second-order valence-corrected chi connectivity index (χ2v) is 8.59. The molecule has 0 saturated heterocycles. The average Bonchev–Trinajstić information content (AvgIpc) is 3.33. The smallest absolute Gasteiger partial charge is 0.222 e. The van der Waals surface area contributed by atoms with Crippen LogP contribution < -0.4 is 0 Å². The number of carbonyl (C=O) groups excluding carboxylic acids is 1. The Morgan fingerprint density at radius 2 is 2.08 bits per heavy atom. The summed E-state index contributed by atoms with van der Waals surface area (Å²) in [5.74, 6) is 2.86. The minimum atomic E-state index is 0.326. The monoisotopic (exact) mass is 350 g/mol. The fraction of sp³-hybridized carbons (Fsp3) is 0.522. The maximum absolute atomic E-state index is 12.9. The van der Waals surface area contributed by atoms with E-state index in [1.54, 1.807) is 0 Å². The summed E-state index contributed by atoms with van der Waals surface area (Å²) in [6.07, 6.45) is 11.0. The van der Waals surface area contributed by atoms with Crippen molar-refractivity contribution in [2.75, 3.05) is 13.1 Å². The molecule has 3 atom stereocenters. The van der Waals surface area contributed by atoms with Gasteiger partial charge in [-0.05, 0) is 54.6 Å². The minimum Gasteiger partial charge on any atom is -0.361 e. The summed E-state index contributed by atoms with van der Waals surface area (Å²) >= 11 is 0. The summed E-state index contributed by atoms with van der Waals surface area (Å²) in [6.45, 7) is 6.02. The first kappa shape index (κ1) is 17.4. The second-order valence-electron chi connectivity index (χ2n) is 8.59. The number of allylic oxidation sites excluding steroid dienone is 2. The van der Waals surface area contributed by atoms with Gasteiger partial charge in [0.25, 0.3) is 0 Å². The van der Waals surface area contributed by atoms with Gasteiger partial charge in [0.05, 0.1) is 0 Å². The lowest BCUT2D eigenvalue weighted by atomic mass is 9.92.